The third-order valence-corrected chi connectivity index (χ3v) is 1.61. The molecule has 58 valence electrons. The van der Waals surface area contributed by atoms with Crippen LogP contribution in [0.15, 0.2) is 10.1 Å². The average molecular weight is 153 g/mol. The van der Waals surface area contributed by atoms with E-state index < -0.39 is 0 Å². The third kappa shape index (κ3) is 0.830. The van der Waals surface area contributed by atoms with Gasteiger partial charge in [-0.2, -0.15) is 5.10 Å². The van der Waals surface area contributed by atoms with Crippen LogP contribution in [-0.2, 0) is 4.79 Å². The molecule has 0 radical (unpaired) electrons. The summed E-state index contributed by atoms with van der Waals surface area (Å²) in [5, 5.41) is 6.12. The Morgan fingerprint density at radius 2 is 2.45 bits per heavy atom. The number of amides is 1. The van der Waals surface area contributed by atoms with Crippen LogP contribution in [0.3, 0.4) is 0 Å². The molecule has 0 bridgehead atoms. The standard InChI is InChI=1S/C5H7N5O/c6-5-8-3-2(1-7-10-3)4(11)9-5/h1-3,10H,(H3,6,8,9,11)/t2-,3-/m1/s1. The first-order valence-electron chi connectivity index (χ1n) is 3.20. The van der Waals surface area contributed by atoms with Crippen LogP contribution in [0.4, 0.5) is 0 Å². The number of nitrogens with two attached hydrogens (primary N) is 1. The smallest absolute Gasteiger partial charge is 0.239 e. The number of nitrogens with zero attached hydrogens (tertiary/aromatic N) is 2. The normalized spacial score (nSPS) is 33.8. The van der Waals surface area contributed by atoms with Crippen LogP contribution in [0, 0.1) is 5.92 Å². The molecule has 6 heteroatoms. The molecule has 2 rings (SSSR count). The number of carbonyl (C=O) groups is 1. The largest absolute Gasteiger partial charge is 0.370 e. The van der Waals surface area contributed by atoms with E-state index >= 15 is 0 Å². The number of fused-ring (bicyclic) bond motifs is 1. The minimum atomic E-state index is -0.303. The topological polar surface area (TPSA) is 91.9 Å². The van der Waals surface area contributed by atoms with Crippen LogP contribution in [0.25, 0.3) is 0 Å². The molecule has 11 heavy (non-hydrogen) atoms. The van der Waals surface area contributed by atoms with E-state index in [1.54, 1.807) is 0 Å². The van der Waals surface area contributed by atoms with E-state index in [2.05, 4.69) is 20.8 Å². The van der Waals surface area contributed by atoms with Crippen LogP contribution in [0.1, 0.15) is 0 Å². The van der Waals surface area contributed by atoms with Gasteiger partial charge in [-0.1, -0.05) is 0 Å². The first-order valence-corrected chi connectivity index (χ1v) is 3.20. The van der Waals surface area contributed by atoms with E-state index in [-0.39, 0.29) is 24.0 Å². The third-order valence-electron chi connectivity index (χ3n) is 1.61. The predicted molar refractivity (Wildman–Crippen MR) is 38.7 cm³/mol. The fourth-order valence-electron chi connectivity index (χ4n) is 1.07. The Bertz CT molecular complexity index is 258. The maximum atomic E-state index is 11.1. The molecule has 0 aliphatic carbocycles. The van der Waals surface area contributed by atoms with Gasteiger partial charge in [-0.3, -0.25) is 15.5 Å². The van der Waals surface area contributed by atoms with Gasteiger partial charge >= 0.3 is 0 Å². The van der Waals surface area contributed by atoms with Crippen molar-refractivity contribution in [1.82, 2.24) is 10.7 Å². The van der Waals surface area contributed by atoms with Crippen molar-refractivity contribution in [3.05, 3.63) is 0 Å². The van der Waals surface area contributed by atoms with E-state index in [0.717, 1.165) is 0 Å². The first kappa shape index (κ1) is 6.14. The lowest BCUT2D eigenvalue weighted by Crippen LogP contribution is -2.50. The Morgan fingerprint density at radius 3 is 3.27 bits per heavy atom. The van der Waals surface area contributed by atoms with Crippen molar-refractivity contribution in [2.24, 2.45) is 21.7 Å². The SMILES string of the molecule is NC1=N[C@@H]2NN=C[C@H]2C(=O)N1. The van der Waals surface area contributed by atoms with E-state index in [0.29, 0.717) is 0 Å². The van der Waals surface area contributed by atoms with Gasteiger partial charge in [0.2, 0.25) is 5.91 Å². The van der Waals surface area contributed by atoms with Gasteiger partial charge < -0.3 is 5.73 Å². The number of guanidine groups is 1. The second-order valence-corrected chi connectivity index (χ2v) is 2.38. The zero-order valence-corrected chi connectivity index (χ0v) is 5.61. The van der Waals surface area contributed by atoms with Crippen molar-refractivity contribution < 1.29 is 4.79 Å². The number of hydrazone groups is 1. The molecule has 2 aliphatic rings. The lowest BCUT2D eigenvalue weighted by atomic mass is 10.1. The van der Waals surface area contributed by atoms with Gasteiger partial charge in [-0.25, -0.2) is 4.99 Å². The van der Waals surface area contributed by atoms with Gasteiger partial charge in [-0.05, 0) is 0 Å². The molecule has 0 saturated heterocycles. The Kier molecular flexibility index (Phi) is 1.09. The van der Waals surface area contributed by atoms with Gasteiger partial charge in [0.15, 0.2) is 12.1 Å². The quantitative estimate of drug-likeness (QED) is 0.374. The molecule has 1 amide bonds. The van der Waals surface area contributed by atoms with Crippen LogP contribution in [0.2, 0.25) is 0 Å². The van der Waals surface area contributed by atoms with Crippen LogP contribution in [-0.4, -0.2) is 24.2 Å². The van der Waals surface area contributed by atoms with Gasteiger partial charge in [0.05, 0.1) is 0 Å². The number of nitrogens with one attached hydrogen (secondary N) is 2. The van der Waals surface area contributed by atoms with Crippen molar-refractivity contribution in [2.45, 2.75) is 6.17 Å². The first-order chi connectivity index (χ1) is 5.27. The molecule has 6 nitrogen and oxygen atoms in total. The van der Waals surface area contributed by atoms with Crippen molar-refractivity contribution in [3.63, 3.8) is 0 Å². The highest BCUT2D eigenvalue weighted by atomic mass is 16.2. The highest BCUT2D eigenvalue weighted by Crippen LogP contribution is 2.11. The molecule has 0 unspecified atom stereocenters. The zero-order valence-electron chi connectivity index (χ0n) is 5.61. The summed E-state index contributed by atoms with van der Waals surface area (Å²) in [5.74, 6) is -0.312. The Morgan fingerprint density at radius 1 is 1.64 bits per heavy atom. The molecule has 0 spiro atoms. The number of rotatable bonds is 0. The number of aliphatic imine (C=N–C) groups is 1. The second kappa shape index (κ2) is 1.94. The van der Waals surface area contributed by atoms with Crippen LogP contribution >= 0.6 is 0 Å². The molecule has 2 aliphatic heterocycles. The maximum absolute atomic E-state index is 11.1. The Labute approximate surface area is 62.5 Å². The monoisotopic (exact) mass is 153 g/mol. The molecule has 0 aromatic heterocycles. The molecule has 2 heterocycles. The van der Waals surface area contributed by atoms with E-state index in [1.807, 2.05) is 0 Å². The summed E-state index contributed by atoms with van der Waals surface area (Å²) in [6.07, 6.45) is 1.22. The predicted octanol–water partition coefficient (Wildman–Crippen LogP) is -2.04. The summed E-state index contributed by atoms with van der Waals surface area (Å²) < 4.78 is 0. The fourth-order valence-corrected chi connectivity index (χ4v) is 1.07. The Hall–Kier alpha value is -1.59. The summed E-state index contributed by atoms with van der Waals surface area (Å²) in [6, 6.07) is 0. The molecule has 2 atom stereocenters. The summed E-state index contributed by atoms with van der Waals surface area (Å²) in [4.78, 5) is 15.0. The average Bonchev–Trinajstić information content (AvgIpc) is 2.34. The fraction of sp³-hybridized carbons (Fsp3) is 0.400. The number of hydrogen-bond acceptors (Lipinski definition) is 5. The molecule has 0 saturated carbocycles. The second-order valence-electron chi connectivity index (χ2n) is 2.38. The summed E-state index contributed by atoms with van der Waals surface area (Å²) >= 11 is 0. The van der Waals surface area contributed by atoms with Crippen molar-refractivity contribution in [2.75, 3.05) is 0 Å². The summed E-state index contributed by atoms with van der Waals surface area (Å²) in [5.41, 5.74) is 7.96. The van der Waals surface area contributed by atoms with E-state index in [9.17, 15) is 4.79 Å². The highest BCUT2D eigenvalue weighted by molar-refractivity contribution is 6.06. The van der Waals surface area contributed by atoms with Crippen LogP contribution < -0.4 is 16.5 Å². The molecular formula is C5H7N5O. The number of hydrogen-bond donors (Lipinski definition) is 3. The van der Waals surface area contributed by atoms with E-state index in [1.165, 1.54) is 6.21 Å². The highest BCUT2D eigenvalue weighted by Gasteiger charge is 2.34. The van der Waals surface area contributed by atoms with Crippen LogP contribution in [0.5, 0.6) is 0 Å². The van der Waals surface area contributed by atoms with E-state index in [4.69, 9.17) is 5.73 Å². The van der Waals surface area contributed by atoms with Gasteiger partial charge in [0, 0.05) is 6.21 Å². The lowest BCUT2D eigenvalue weighted by Gasteiger charge is -2.19. The van der Waals surface area contributed by atoms with Crippen molar-refractivity contribution >= 4 is 18.1 Å². The molecule has 0 aromatic carbocycles. The Balaban J connectivity index is 2.30. The van der Waals surface area contributed by atoms with Gasteiger partial charge in [0.1, 0.15) is 5.92 Å². The molecule has 0 aromatic rings. The minimum absolute atomic E-state index is 0.147. The minimum Gasteiger partial charge on any atom is -0.370 e. The van der Waals surface area contributed by atoms with Crippen molar-refractivity contribution in [3.8, 4) is 0 Å². The molecule has 4 N–H and O–H groups in total. The lowest BCUT2D eigenvalue weighted by molar-refractivity contribution is -0.122. The molecular weight excluding hydrogens is 146 g/mol. The van der Waals surface area contributed by atoms with Gasteiger partial charge in [0.25, 0.3) is 0 Å². The molecule has 0 fully saturated rings. The van der Waals surface area contributed by atoms with Crippen molar-refractivity contribution in [1.29, 1.82) is 0 Å². The summed E-state index contributed by atoms with van der Waals surface area (Å²) in [7, 11) is 0. The zero-order chi connectivity index (χ0) is 7.84. The maximum Gasteiger partial charge on any atom is 0.239 e. The summed E-state index contributed by atoms with van der Waals surface area (Å²) in [6.45, 7) is 0. The number of carbonyl (C=O) groups excluding carboxylic acids is 1. The van der Waals surface area contributed by atoms with Gasteiger partial charge in [-0.15, -0.1) is 0 Å².